The van der Waals surface area contributed by atoms with Gasteiger partial charge in [-0.3, -0.25) is 0 Å². The van der Waals surface area contributed by atoms with Crippen LogP contribution in [0.3, 0.4) is 0 Å². The van der Waals surface area contributed by atoms with Crippen LogP contribution in [0, 0.1) is 0 Å². The molecule has 2 heteroatoms. The molecule has 0 amide bonds. The summed E-state index contributed by atoms with van der Waals surface area (Å²) in [6, 6.07) is 0. The Morgan fingerprint density at radius 2 is 1.86 bits per heavy atom. The number of unbranched alkanes of at least 4 members (excludes halogenated alkanes) is 2. The quantitative estimate of drug-likeness (QED) is 0.582. The van der Waals surface area contributed by atoms with Crippen LogP contribution in [0.2, 0.25) is 0 Å². The number of rotatable bonds is 3. The van der Waals surface area contributed by atoms with Crippen molar-refractivity contribution in [2.45, 2.75) is 26.2 Å². The molecule has 43 valence electrons. The van der Waals surface area contributed by atoms with Crippen molar-refractivity contribution in [3.05, 3.63) is 0 Å². The van der Waals surface area contributed by atoms with E-state index in [1.54, 1.807) is 0 Å². The van der Waals surface area contributed by atoms with Crippen LogP contribution in [0.5, 0.6) is 0 Å². The van der Waals surface area contributed by atoms with E-state index in [4.69, 9.17) is 5.11 Å². The molecule has 0 bridgehead atoms. The number of hydrogen-bond donors (Lipinski definition) is 1. The van der Waals surface area contributed by atoms with E-state index in [-0.39, 0.29) is 18.6 Å². The third-order valence-corrected chi connectivity index (χ3v) is 0.762. The van der Waals surface area contributed by atoms with Crippen molar-refractivity contribution in [2.24, 2.45) is 0 Å². The summed E-state index contributed by atoms with van der Waals surface area (Å²) >= 11 is 0. The summed E-state index contributed by atoms with van der Waals surface area (Å²) in [5.41, 5.74) is 0. The minimum absolute atomic E-state index is 0. The zero-order valence-electron chi connectivity index (χ0n) is 4.72. The fraction of sp³-hybridized carbons (Fsp3) is 1.00. The summed E-state index contributed by atoms with van der Waals surface area (Å²) in [6.45, 7) is 2.48. The van der Waals surface area contributed by atoms with Gasteiger partial charge in [-0.2, -0.15) is 0 Å². The molecule has 1 nitrogen and oxygen atoms in total. The summed E-state index contributed by atoms with van der Waals surface area (Å²) in [5.74, 6) is 0. The SMILES string of the molecule is CCCCCO.[V]. The molecule has 1 N–H and O–H groups in total. The van der Waals surface area contributed by atoms with Crippen LogP contribution < -0.4 is 0 Å². The van der Waals surface area contributed by atoms with Gasteiger partial charge in [0.1, 0.15) is 0 Å². The summed E-state index contributed by atoms with van der Waals surface area (Å²) in [7, 11) is 0. The largest absolute Gasteiger partial charge is 0.396 e. The van der Waals surface area contributed by atoms with Crippen molar-refractivity contribution in [3.63, 3.8) is 0 Å². The third kappa shape index (κ3) is 10.8. The average Bonchev–Trinajstić information content (AvgIpc) is 1.61. The van der Waals surface area contributed by atoms with Crippen molar-refractivity contribution in [3.8, 4) is 0 Å². The fourth-order valence-corrected chi connectivity index (χ4v) is 0.362. The van der Waals surface area contributed by atoms with Crippen LogP contribution in [0.25, 0.3) is 0 Å². The van der Waals surface area contributed by atoms with Gasteiger partial charge in [-0.1, -0.05) is 19.8 Å². The van der Waals surface area contributed by atoms with Gasteiger partial charge >= 0.3 is 0 Å². The number of hydrogen-bond acceptors (Lipinski definition) is 1. The Morgan fingerprint density at radius 1 is 1.29 bits per heavy atom. The first-order valence-corrected chi connectivity index (χ1v) is 2.52. The Bertz CT molecular complexity index is 20.0. The van der Waals surface area contributed by atoms with E-state index in [9.17, 15) is 0 Å². The van der Waals surface area contributed by atoms with Crippen LogP contribution in [0.4, 0.5) is 0 Å². The molecule has 1 radical (unpaired) electrons. The monoisotopic (exact) mass is 139 g/mol. The van der Waals surface area contributed by atoms with Gasteiger partial charge in [-0.05, 0) is 6.42 Å². The van der Waals surface area contributed by atoms with Crippen molar-refractivity contribution in [1.82, 2.24) is 0 Å². The van der Waals surface area contributed by atoms with E-state index in [0.717, 1.165) is 12.8 Å². The van der Waals surface area contributed by atoms with Crippen LogP contribution >= 0.6 is 0 Å². The fourth-order valence-electron chi connectivity index (χ4n) is 0.362. The van der Waals surface area contributed by atoms with Crippen molar-refractivity contribution in [1.29, 1.82) is 0 Å². The molecule has 0 aromatic carbocycles. The second-order valence-electron chi connectivity index (χ2n) is 1.43. The van der Waals surface area contributed by atoms with Gasteiger partial charge < -0.3 is 5.11 Å². The minimum Gasteiger partial charge on any atom is -0.396 e. The van der Waals surface area contributed by atoms with E-state index < -0.39 is 0 Å². The Hall–Kier alpha value is 0.544. The van der Waals surface area contributed by atoms with Crippen LogP contribution in [-0.4, -0.2) is 11.7 Å². The number of aliphatic hydroxyl groups is 1. The van der Waals surface area contributed by atoms with E-state index in [0.29, 0.717) is 6.61 Å². The third-order valence-electron chi connectivity index (χ3n) is 0.762. The second-order valence-corrected chi connectivity index (χ2v) is 1.43. The maximum atomic E-state index is 8.20. The van der Waals surface area contributed by atoms with Gasteiger partial charge in [-0.15, -0.1) is 0 Å². The molecule has 0 saturated heterocycles. The molecule has 7 heavy (non-hydrogen) atoms. The topological polar surface area (TPSA) is 20.2 Å². The van der Waals surface area contributed by atoms with Crippen molar-refractivity contribution >= 4 is 0 Å². The van der Waals surface area contributed by atoms with Crippen molar-refractivity contribution < 1.29 is 23.7 Å². The van der Waals surface area contributed by atoms with Crippen molar-refractivity contribution in [2.75, 3.05) is 6.61 Å². The zero-order valence-corrected chi connectivity index (χ0v) is 6.12. The molecule has 0 aliphatic heterocycles. The van der Waals surface area contributed by atoms with Crippen LogP contribution in [-0.2, 0) is 18.6 Å². The molecule has 0 aromatic rings. The molecule has 0 spiro atoms. The molecule has 0 rings (SSSR count). The molecule has 0 aliphatic carbocycles. The normalized spacial score (nSPS) is 7.71. The Labute approximate surface area is 57.0 Å². The standard InChI is InChI=1S/C5H12O.V/c1-2-3-4-5-6;/h6H,2-5H2,1H3;. The van der Waals surface area contributed by atoms with E-state index in [2.05, 4.69) is 6.92 Å². The Morgan fingerprint density at radius 3 is 2.00 bits per heavy atom. The van der Waals surface area contributed by atoms with E-state index >= 15 is 0 Å². The average molecular weight is 139 g/mol. The maximum Gasteiger partial charge on any atom is 0.0431 e. The molecule has 0 aliphatic rings. The summed E-state index contributed by atoms with van der Waals surface area (Å²) in [6.07, 6.45) is 3.33. The summed E-state index contributed by atoms with van der Waals surface area (Å²) < 4.78 is 0. The van der Waals surface area contributed by atoms with Gasteiger partial charge in [-0.25, -0.2) is 0 Å². The molecule has 0 unspecified atom stereocenters. The molecule has 0 aromatic heterocycles. The maximum absolute atomic E-state index is 8.20. The Kier molecular flexibility index (Phi) is 14.6. The van der Waals surface area contributed by atoms with Gasteiger partial charge in [0.25, 0.3) is 0 Å². The molecule has 0 fully saturated rings. The molecule has 0 saturated carbocycles. The molecule has 0 atom stereocenters. The van der Waals surface area contributed by atoms with E-state index in [1.165, 1.54) is 6.42 Å². The number of aliphatic hydroxyl groups excluding tert-OH is 1. The predicted molar refractivity (Wildman–Crippen MR) is 26.6 cm³/mol. The minimum atomic E-state index is 0. The molecule has 0 heterocycles. The second kappa shape index (κ2) is 9.74. The molecular weight excluding hydrogens is 127 g/mol. The van der Waals surface area contributed by atoms with Gasteiger partial charge in [0, 0.05) is 25.2 Å². The molecular formula is C5H12OV. The van der Waals surface area contributed by atoms with Gasteiger partial charge in [0.15, 0.2) is 0 Å². The van der Waals surface area contributed by atoms with Crippen LogP contribution in [0.15, 0.2) is 0 Å². The first-order valence-electron chi connectivity index (χ1n) is 2.52. The van der Waals surface area contributed by atoms with Gasteiger partial charge in [0.2, 0.25) is 0 Å². The Balaban J connectivity index is 0. The smallest absolute Gasteiger partial charge is 0.0431 e. The first kappa shape index (κ1) is 10.5. The van der Waals surface area contributed by atoms with E-state index in [1.807, 2.05) is 0 Å². The van der Waals surface area contributed by atoms with Crippen LogP contribution in [0.1, 0.15) is 26.2 Å². The predicted octanol–water partition coefficient (Wildman–Crippen LogP) is 1.17. The first-order chi connectivity index (χ1) is 2.91. The summed E-state index contributed by atoms with van der Waals surface area (Å²) in [4.78, 5) is 0. The summed E-state index contributed by atoms with van der Waals surface area (Å²) in [5, 5.41) is 8.20. The van der Waals surface area contributed by atoms with Gasteiger partial charge in [0.05, 0.1) is 0 Å². The zero-order chi connectivity index (χ0) is 4.83.